The molecule has 4 heterocycles. The first-order chi connectivity index (χ1) is 17.4. The number of carboxylic acid groups (broad SMARTS) is 1. The third-order valence-corrected chi connectivity index (χ3v) is 7.23. The van der Waals surface area contributed by atoms with E-state index in [9.17, 15) is 14.3 Å². The number of aromatic amines is 2. The van der Waals surface area contributed by atoms with Gasteiger partial charge in [0.15, 0.2) is 0 Å². The summed E-state index contributed by atoms with van der Waals surface area (Å²) in [5, 5.41) is 14.5. The number of benzene rings is 1. The molecule has 0 fully saturated rings. The SMILES string of the molecule is CC(C)c1c(-c2cc(F)cc3[nH]ccc23)[nH]c(C(=O)O)c1-c1ccnc2c1C=C(C1=CCNCC1)C2. The molecule has 2 aliphatic rings. The lowest BCUT2D eigenvalue weighted by atomic mass is 9.88. The van der Waals surface area contributed by atoms with E-state index in [4.69, 9.17) is 0 Å². The van der Waals surface area contributed by atoms with Gasteiger partial charge in [-0.15, -0.1) is 0 Å². The predicted octanol–water partition coefficient (Wildman–Crippen LogP) is 6.04. The largest absolute Gasteiger partial charge is 0.477 e. The van der Waals surface area contributed by atoms with Crippen molar-refractivity contribution in [2.45, 2.75) is 32.6 Å². The minimum atomic E-state index is -1.05. The molecule has 36 heavy (non-hydrogen) atoms. The number of H-pyrrole nitrogens is 2. The Morgan fingerprint density at radius 3 is 2.78 bits per heavy atom. The second kappa shape index (κ2) is 8.60. The zero-order valence-corrected chi connectivity index (χ0v) is 20.2. The minimum absolute atomic E-state index is 0.0163. The molecule has 0 spiro atoms. The zero-order chi connectivity index (χ0) is 25.0. The molecule has 7 heteroatoms. The fourth-order valence-corrected chi connectivity index (χ4v) is 5.65. The number of aromatic carboxylic acids is 1. The molecule has 1 aliphatic heterocycles. The van der Waals surface area contributed by atoms with Gasteiger partial charge in [-0.1, -0.05) is 19.9 Å². The molecule has 0 saturated carbocycles. The molecular weight excluding hydrogens is 455 g/mol. The number of allylic oxidation sites excluding steroid dienone is 1. The topological polar surface area (TPSA) is 93.8 Å². The van der Waals surface area contributed by atoms with Crippen LogP contribution >= 0.6 is 0 Å². The maximum absolute atomic E-state index is 14.6. The number of hydrogen-bond acceptors (Lipinski definition) is 3. The van der Waals surface area contributed by atoms with Crippen LogP contribution in [0.15, 0.2) is 53.9 Å². The number of hydrogen-bond donors (Lipinski definition) is 4. The lowest BCUT2D eigenvalue weighted by Gasteiger charge is -2.14. The molecule has 182 valence electrons. The highest BCUT2D eigenvalue weighted by atomic mass is 19.1. The van der Waals surface area contributed by atoms with Crippen molar-refractivity contribution in [1.82, 2.24) is 20.3 Å². The molecule has 0 saturated heterocycles. The first-order valence-corrected chi connectivity index (χ1v) is 12.3. The molecule has 6 rings (SSSR count). The van der Waals surface area contributed by atoms with Gasteiger partial charge in [-0.3, -0.25) is 4.98 Å². The number of nitrogens with zero attached hydrogens (tertiary/aromatic N) is 1. The molecule has 3 aromatic heterocycles. The molecule has 0 bridgehead atoms. The molecule has 1 aliphatic carbocycles. The van der Waals surface area contributed by atoms with Crippen LogP contribution in [-0.2, 0) is 6.42 Å². The van der Waals surface area contributed by atoms with E-state index < -0.39 is 5.97 Å². The van der Waals surface area contributed by atoms with Crippen molar-refractivity contribution in [2.75, 3.05) is 13.1 Å². The summed E-state index contributed by atoms with van der Waals surface area (Å²) in [5.41, 5.74) is 8.89. The van der Waals surface area contributed by atoms with Crippen LogP contribution in [0.4, 0.5) is 4.39 Å². The highest BCUT2D eigenvalue weighted by molar-refractivity contribution is 6.03. The van der Waals surface area contributed by atoms with E-state index in [0.717, 1.165) is 53.7 Å². The molecular formula is C29H27FN4O2. The maximum atomic E-state index is 14.6. The number of pyridine rings is 1. The fourth-order valence-electron chi connectivity index (χ4n) is 5.65. The summed E-state index contributed by atoms with van der Waals surface area (Å²) in [4.78, 5) is 23.4. The number of halogens is 1. The van der Waals surface area contributed by atoms with Crippen LogP contribution in [0.1, 0.15) is 53.5 Å². The Labute approximate surface area is 208 Å². The van der Waals surface area contributed by atoms with E-state index in [1.807, 2.05) is 26.0 Å². The van der Waals surface area contributed by atoms with Crippen molar-refractivity contribution in [2.24, 2.45) is 0 Å². The van der Waals surface area contributed by atoms with Crippen molar-refractivity contribution in [3.05, 3.63) is 82.2 Å². The van der Waals surface area contributed by atoms with Gasteiger partial charge in [0.25, 0.3) is 0 Å². The quantitative estimate of drug-likeness (QED) is 0.279. The second-order valence-corrected chi connectivity index (χ2v) is 9.76. The molecule has 6 nitrogen and oxygen atoms in total. The molecule has 4 N–H and O–H groups in total. The third-order valence-electron chi connectivity index (χ3n) is 7.23. The van der Waals surface area contributed by atoms with Crippen molar-refractivity contribution < 1.29 is 14.3 Å². The van der Waals surface area contributed by atoms with E-state index >= 15 is 0 Å². The highest BCUT2D eigenvalue weighted by Gasteiger charge is 2.30. The standard InChI is InChI=1S/C29H27FN4O2/c1-15(2)25-26(20-6-10-32-23-12-17(11-21(20)23)16-3-7-31-8-4-16)28(29(35)36)34-27(25)22-13-18(30)14-24-19(22)5-9-33-24/h3,5-6,9-11,13-15,31,33-34H,4,7-8,12H2,1-2H3,(H,35,36). The van der Waals surface area contributed by atoms with Gasteiger partial charge in [0.2, 0.25) is 0 Å². The highest BCUT2D eigenvalue weighted by Crippen LogP contribution is 2.45. The number of rotatable bonds is 5. The van der Waals surface area contributed by atoms with Gasteiger partial charge < -0.3 is 20.4 Å². The number of fused-ring (bicyclic) bond motifs is 2. The Morgan fingerprint density at radius 1 is 1.17 bits per heavy atom. The van der Waals surface area contributed by atoms with E-state index in [2.05, 4.69) is 32.4 Å². The number of nitrogens with one attached hydrogen (secondary N) is 3. The lowest BCUT2D eigenvalue weighted by molar-refractivity contribution is 0.0692. The monoisotopic (exact) mass is 482 g/mol. The Morgan fingerprint density at radius 2 is 2.03 bits per heavy atom. The summed E-state index contributed by atoms with van der Waals surface area (Å²) >= 11 is 0. The van der Waals surface area contributed by atoms with Crippen LogP contribution in [0.25, 0.3) is 39.4 Å². The first-order valence-electron chi connectivity index (χ1n) is 12.3. The molecule has 1 aromatic carbocycles. The molecule has 0 unspecified atom stereocenters. The van der Waals surface area contributed by atoms with Gasteiger partial charge >= 0.3 is 5.97 Å². The minimum Gasteiger partial charge on any atom is -0.477 e. The Kier molecular flexibility index (Phi) is 5.38. The Bertz CT molecular complexity index is 1590. The Balaban J connectivity index is 1.61. The predicted molar refractivity (Wildman–Crippen MR) is 140 cm³/mol. The Hall–Kier alpha value is -3.97. The average Bonchev–Trinajstić information content (AvgIpc) is 3.60. The smallest absolute Gasteiger partial charge is 0.352 e. The van der Waals surface area contributed by atoms with Crippen molar-refractivity contribution >= 4 is 22.9 Å². The number of carbonyl (C=O) groups is 1. The normalized spacial score (nSPS) is 15.3. The fraction of sp³-hybridized carbons (Fsp3) is 0.241. The third kappa shape index (κ3) is 3.58. The second-order valence-electron chi connectivity index (χ2n) is 9.76. The van der Waals surface area contributed by atoms with Gasteiger partial charge in [-0.25, -0.2) is 9.18 Å². The molecule has 0 radical (unpaired) electrons. The summed E-state index contributed by atoms with van der Waals surface area (Å²) in [5.74, 6) is -1.44. The van der Waals surface area contributed by atoms with Crippen LogP contribution < -0.4 is 5.32 Å². The van der Waals surface area contributed by atoms with Crippen LogP contribution in [0, 0.1) is 5.82 Å². The van der Waals surface area contributed by atoms with Gasteiger partial charge in [0, 0.05) is 53.0 Å². The first kappa shape index (κ1) is 22.5. The number of carboxylic acids is 1. The molecule has 0 atom stereocenters. The zero-order valence-electron chi connectivity index (χ0n) is 20.2. The van der Waals surface area contributed by atoms with Crippen LogP contribution in [0.2, 0.25) is 0 Å². The lowest BCUT2D eigenvalue weighted by Crippen LogP contribution is -2.21. The van der Waals surface area contributed by atoms with Crippen molar-refractivity contribution in [3.8, 4) is 22.4 Å². The van der Waals surface area contributed by atoms with E-state index in [1.165, 1.54) is 23.3 Å². The molecule has 0 amide bonds. The van der Waals surface area contributed by atoms with E-state index in [1.54, 1.807) is 12.4 Å². The van der Waals surface area contributed by atoms with Gasteiger partial charge in [-0.2, -0.15) is 0 Å². The van der Waals surface area contributed by atoms with Crippen molar-refractivity contribution in [1.29, 1.82) is 0 Å². The van der Waals surface area contributed by atoms with Gasteiger partial charge in [0.1, 0.15) is 11.5 Å². The van der Waals surface area contributed by atoms with E-state index in [0.29, 0.717) is 22.3 Å². The maximum Gasteiger partial charge on any atom is 0.352 e. The van der Waals surface area contributed by atoms with Gasteiger partial charge in [0.05, 0.1) is 11.4 Å². The van der Waals surface area contributed by atoms with Crippen LogP contribution in [0.5, 0.6) is 0 Å². The summed E-state index contributed by atoms with van der Waals surface area (Å²) < 4.78 is 14.6. The average molecular weight is 483 g/mol. The summed E-state index contributed by atoms with van der Waals surface area (Å²) in [6.45, 7) is 5.88. The summed E-state index contributed by atoms with van der Waals surface area (Å²) in [6, 6.07) is 6.72. The summed E-state index contributed by atoms with van der Waals surface area (Å²) in [7, 11) is 0. The summed E-state index contributed by atoms with van der Waals surface area (Å²) in [6.07, 6.45) is 9.62. The van der Waals surface area contributed by atoms with Gasteiger partial charge in [-0.05, 0) is 71.5 Å². The van der Waals surface area contributed by atoms with Crippen LogP contribution in [-0.4, -0.2) is 39.1 Å². The number of aromatic nitrogens is 3. The van der Waals surface area contributed by atoms with Crippen molar-refractivity contribution in [3.63, 3.8) is 0 Å². The van der Waals surface area contributed by atoms with Crippen LogP contribution in [0.3, 0.4) is 0 Å². The van der Waals surface area contributed by atoms with E-state index in [-0.39, 0.29) is 17.4 Å². The molecule has 4 aromatic rings.